The molecule has 0 amide bonds. The Morgan fingerprint density at radius 2 is 2.20 bits per heavy atom. The third-order valence-electron chi connectivity index (χ3n) is 1.93. The third-order valence-corrected chi connectivity index (χ3v) is 2.59. The van der Waals surface area contributed by atoms with E-state index in [1.54, 1.807) is 12.1 Å². The lowest BCUT2D eigenvalue weighted by Crippen LogP contribution is -2.12. The van der Waals surface area contributed by atoms with E-state index in [1.807, 2.05) is 6.07 Å². The van der Waals surface area contributed by atoms with E-state index < -0.39 is 5.97 Å². The van der Waals surface area contributed by atoms with Crippen molar-refractivity contribution in [3.63, 3.8) is 0 Å². The summed E-state index contributed by atoms with van der Waals surface area (Å²) in [4.78, 5) is 11.0. The van der Waals surface area contributed by atoms with Crippen molar-refractivity contribution in [3.8, 4) is 0 Å². The van der Waals surface area contributed by atoms with Crippen LogP contribution in [-0.4, -0.2) is 17.6 Å². The molecule has 0 aliphatic heterocycles. The monoisotopic (exact) mass is 271 g/mol. The summed E-state index contributed by atoms with van der Waals surface area (Å²) < 4.78 is 0.601. The first-order valence-electron chi connectivity index (χ1n) is 4.78. The second-order valence-electron chi connectivity index (χ2n) is 3.74. The maximum Gasteiger partial charge on any atom is 0.338 e. The largest absolute Gasteiger partial charge is 0.478 e. The molecule has 0 heterocycles. The zero-order chi connectivity index (χ0) is 11.4. The Morgan fingerprint density at radius 3 is 2.73 bits per heavy atom. The molecule has 0 bridgehead atoms. The maximum atomic E-state index is 11.0. The minimum Gasteiger partial charge on any atom is -0.478 e. The van der Waals surface area contributed by atoms with Crippen LogP contribution in [0.4, 0.5) is 5.69 Å². The molecule has 4 heteroatoms. The Kier molecular flexibility index (Phi) is 4.15. The number of rotatable bonds is 4. The molecule has 0 saturated carbocycles. The smallest absolute Gasteiger partial charge is 0.338 e. The summed E-state index contributed by atoms with van der Waals surface area (Å²) in [5, 5.41) is 12.2. The molecule has 0 fully saturated rings. The molecule has 0 radical (unpaired) electrons. The van der Waals surface area contributed by atoms with Crippen molar-refractivity contribution in [2.24, 2.45) is 5.92 Å². The maximum absolute atomic E-state index is 11.0. The number of hydrogen-bond acceptors (Lipinski definition) is 2. The van der Waals surface area contributed by atoms with Crippen LogP contribution in [0.2, 0.25) is 0 Å². The number of anilines is 1. The number of carboxylic acids is 1. The number of carbonyl (C=O) groups is 1. The minimum absolute atomic E-state index is 0.290. The fourth-order valence-corrected chi connectivity index (χ4v) is 1.74. The van der Waals surface area contributed by atoms with E-state index in [9.17, 15) is 4.79 Å². The molecule has 2 N–H and O–H groups in total. The van der Waals surface area contributed by atoms with Crippen molar-refractivity contribution in [1.29, 1.82) is 0 Å². The van der Waals surface area contributed by atoms with Crippen LogP contribution < -0.4 is 5.32 Å². The van der Waals surface area contributed by atoms with Gasteiger partial charge < -0.3 is 10.4 Å². The SMILES string of the molecule is CC(C)CNc1cccc(Br)c1C(=O)O. The van der Waals surface area contributed by atoms with Crippen LogP contribution in [0.1, 0.15) is 24.2 Å². The summed E-state index contributed by atoms with van der Waals surface area (Å²) >= 11 is 3.23. The van der Waals surface area contributed by atoms with Crippen LogP contribution in [0.15, 0.2) is 22.7 Å². The van der Waals surface area contributed by atoms with Crippen molar-refractivity contribution in [3.05, 3.63) is 28.2 Å². The molecule has 0 saturated heterocycles. The van der Waals surface area contributed by atoms with E-state index in [0.29, 0.717) is 16.1 Å². The van der Waals surface area contributed by atoms with Gasteiger partial charge in [-0.2, -0.15) is 0 Å². The molecule has 1 aromatic rings. The Labute approximate surface area is 97.6 Å². The fraction of sp³-hybridized carbons (Fsp3) is 0.364. The summed E-state index contributed by atoms with van der Waals surface area (Å²) in [6.07, 6.45) is 0. The summed E-state index contributed by atoms with van der Waals surface area (Å²) in [7, 11) is 0. The second-order valence-corrected chi connectivity index (χ2v) is 4.60. The molecule has 0 aromatic heterocycles. The van der Waals surface area contributed by atoms with Gasteiger partial charge in [0.2, 0.25) is 0 Å². The lowest BCUT2D eigenvalue weighted by Gasteiger charge is -2.12. The molecular weight excluding hydrogens is 258 g/mol. The minimum atomic E-state index is -0.922. The Hall–Kier alpha value is -1.03. The van der Waals surface area contributed by atoms with Crippen LogP contribution in [0.5, 0.6) is 0 Å². The second kappa shape index (κ2) is 5.16. The topological polar surface area (TPSA) is 49.3 Å². The summed E-state index contributed by atoms with van der Waals surface area (Å²) in [5.41, 5.74) is 0.948. The molecule has 1 aromatic carbocycles. The molecule has 15 heavy (non-hydrogen) atoms. The molecule has 3 nitrogen and oxygen atoms in total. The van der Waals surface area contributed by atoms with Gasteiger partial charge in [-0.1, -0.05) is 19.9 Å². The average Bonchev–Trinajstić information content (AvgIpc) is 2.13. The van der Waals surface area contributed by atoms with E-state index in [4.69, 9.17) is 5.11 Å². The van der Waals surface area contributed by atoms with Crippen molar-refractivity contribution >= 4 is 27.6 Å². The van der Waals surface area contributed by atoms with Crippen LogP contribution in [0.3, 0.4) is 0 Å². The lowest BCUT2D eigenvalue weighted by atomic mass is 10.1. The number of nitrogens with one attached hydrogen (secondary N) is 1. The normalized spacial score (nSPS) is 10.4. The molecule has 82 valence electrons. The summed E-state index contributed by atoms with van der Waals surface area (Å²) in [6.45, 7) is 4.91. The van der Waals surface area contributed by atoms with Gasteiger partial charge in [-0.05, 0) is 34.0 Å². The van der Waals surface area contributed by atoms with Crippen LogP contribution in [0.25, 0.3) is 0 Å². The molecule has 1 rings (SSSR count). The number of benzene rings is 1. The van der Waals surface area contributed by atoms with Crippen molar-refractivity contribution < 1.29 is 9.90 Å². The molecule has 0 aliphatic rings. The number of halogens is 1. The van der Waals surface area contributed by atoms with E-state index in [1.165, 1.54) is 0 Å². The Balaban J connectivity index is 2.96. The zero-order valence-corrected chi connectivity index (χ0v) is 10.3. The van der Waals surface area contributed by atoms with Gasteiger partial charge in [0, 0.05) is 16.7 Å². The van der Waals surface area contributed by atoms with E-state index in [2.05, 4.69) is 35.1 Å². The van der Waals surface area contributed by atoms with E-state index in [0.717, 1.165) is 6.54 Å². The van der Waals surface area contributed by atoms with Crippen LogP contribution >= 0.6 is 15.9 Å². The van der Waals surface area contributed by atoms with Crippen molar-refractivity contribution in [2.75, 3.05) is 11.9 Å². The van der Waals surface area contributed by atoms with E-state index >= 15 is 0 Å². The predicted molar refractivity (Wildman–Crippen MR) is 64.4 cm³/mol. The Bertz CT molecular complexity index is 364. The molecule has 0 atom stereocenters. The van der Waals surface area contributed by atoms with Gasteiger partial charge in [-0.25, -0.2) is 4.79 Å². The molecule has 0 aliphatic carbocycles. The van der Waals surface area contributed by atoms with Crippen LogP contribution in [-0.2, 0) is 0 Å². The van der Waals surface area contributed by atoms with Gasteiger partial charge in [-0.15, -0.1) is 0 Å². The van der Waals surface area contributed by atoms with Gasteiger partial charge in [0.1, 0.15) is 0 Å². The number of hydrogen-bond donors (Lipinski definition) is 2. The third kappa shape index (κ3) is 3.23. The van der Waals surface area contributed by atoms with Gasteiger partial charge in [0.25, 0.3) is 0 Å². The number of aromatic carboxylic acids is 1. The Morgan fingerprint density at radius 1 is 1.53 bits per heavy atom. The standard InChI is InChI=1S/C11H14BrNO2/c1-7(2)6-13-9-5-3-4-8(12)10(9)11(14)15/h3-5,7,13H,6H2,1-2H3,(H,14,15). The van der Waals surface area contributed by atoms with Gasteiger partial charge in [0.15, 0.2) is 0 Å². The van der Waals surface area contributed by atoms with Gasteiger partial charge in [-0.3, -0.25) is 0 Å². The van der Waals surface area contributed by atoms with E-state index in [-0.39, 0.29) is 5.56 Å². The molecular formula is C11H14BrNO2. The lowest BCUT2D eigenvalue weighted by molar-refractivity contribution is 0.0697. The highest BCUT2D eigenvalue weighted by Crippen LogP contribution is 2.24. The highest BCUT2D eigenvalue weighted by Gasteiger charge is 2.13. The fourth-order valence-electron chi connectivity index (χ4n) is 1.20. The first-order valence-corrected chi connectivity index (χ1v) is 5.57. The highest BCUT2D eigenvalue weighted by molar-refractivity contribution is 9.10. The summed E-state index contributed by atoms with van der Waals surface area (Å²) in [5.74, 6) is -0.445. The molecule has 0 unspecified atom stereocenters. The zero-order valence-electron chi connectivity index (χ0n) is 8.75. The van der Waals surface area contributed by atoms with Gasteiger partial charge in [0.05, 0.1) is 5.56 Å². The first-order chi connectivity index (χ1) is 7.02. The first kappa shape index (κ1) is 12.0. The van der Waals surface area contributed by atoms with Gasteiger partial charge >= 0.3 is 5.97 Å². The molecule has 0 spiro atoms. The average molecular weight is 272 g/mol. The van der Waals surface area contributed by atoms with Crippen molar-refractivity contribution in [2.45, 2.75) is 13.8 Å². The van der Waals surface area contributed by atoms with Crippen molar-refractivity contribution in [1.82, 2.24) is 0 Å². The quantitative estimate of drug-likeness (QED) is 0.884. The number of carboxylic acid groups (broad SMARTS) is 1. The highest BCUT2D eigenvalue weighted by atomic mass is 79.9. The van der Waals surface area contributed by atoms with Crippen LogP contribution in [0, 0.1) is 5.92 Å². The predicted octanol–water partition coefficient (Wildman–Crippen LogP) is 3.22. The summed E-state index contributed by atoms with van der Waals surface area (Å²) in [6, 6.07) is 5.32.